The third kappa shape index (κ3) is 3.23. The summed E-state index contributed by atoms with van der Waals surface area (Å²) in [4.78, 5) is 3.14. The first kappa shape index (κ1) is 18.8. The van der Waals surface area contributed by atoms with Gasteiger partial charge in [0, 0.05) is 23.4 Å². The van der Waals surface area contributed by atoms with Crippen LogP contribution in [0.15, 0.2) is 46.0 Å². The number of hydrazine groups is 3. The van der Waals surface area contributed by atoms with Crippen molar-refractivity contribution in [3.05, 3.63) is 47.9 Å². The molecule has 0 unspecified atom stereocenters. The van der Waals surface area contributed by atoms with Gasteiger partial charge in [0.25, 0.3) is 0 Å². The van der Waals surface area contributed by atoms with Crippen LogP contribution in [-0.4, -0.2) is 13.4 Å². The van der Waals surface area contributed by atoms with Crippen LogP contribution in [0, 0.1) is 0 Å². The maximum atomic E-state index is 13.5. The van der Waals surface area contributed by atoms with Crippen molar-refractivity contribution in [1.82, 2.24) is 26.9 Å². The number of hydrogen-bond donors (Lipinski definition) is 5. The molecule has 28 heavy (non-hydrogen) atoms. The summed E-state index contributed by atoms with van der Waals surface area (Å²) < 4.78 is 70.2. The standard InChI is InChI=1S/C15H13F3N6O3S/c16-15(17,18)9-2-1-8(7-5-11-10(20-6-7)3-4-27-11)12(13(9)28(19,25)26)14-21-23-24-22-14/h1-6,14,21-24H,(H2,19,25,26). The Bertz CT molecular complexity index is 1160. The maximum absolute atomic E-state index is 13.5. The summed E-state index contributed by atoms with van der Waals surface area (Å²) >= 11 is 0. The molecule has 148 valence electrons. The van der Waals surface area contributed by atoms with Crippen LogP contribution >= 0.6 is 0 Å². The Labute approximate surface area is 156 Å². The second-order valence-electron chi connectivity index (χ2n) is 5.95. The molecule has 9 nitrogen and oxygen atoms in total. The van der Waals surface area contributed by atoms with Gasteiger partial charge in [-0.3, -0.25) is 4.98 Å². The lowest BCUT2D eigenvalue weighted by molar-refractivity contribution is -0.140. The highest BCUT2D eigenvalue weighted by Crippen LogP contribution is 2.41. The van der Waals surface area contributed by atoms with Crippen molar-refractivity contribution in [2.24, 2.45) is 5.14 Å². The number of furan rings is 1. The molecule has 0 saturated carbocycles. The number of aromatic nitrogens is 1. The number of pyridine rings is 1. The Morgan fingerprint density at radius 2 is 1.86 bits per heavy atom. The predicted octanol–water partition coefficient (Wildman–Crippen LogP) is 1.28. The van der Waals surface area contributed by atoms with E-state index >= 15 is 0 Å². The first-order chi connectivity index (χ1) is 13.2. The predicted molar refractivity (Wildman–Crippen MR) is 91.1 cm³/mol. The fraction of sp³-hybridized carbons (Fsp3) is 0.133. The fourth-order valence-corrected chi connectivity index (χ4v) is 4.08. The Hall–Kier alpha value is -2.55. The third-order valence-corrected chi connectivity index (χ3v) is 5.19. The molecule has 2 aromatic heterocycles. The van der Waals surface area contributed by atoms with E-state index in [1.54, 1.807) is 12.1 Å². The van der Waals surface area contributed by atoms with Gasteiger partial charge in [0.15, 0.2) is 5.58 Å². The zero-order valence-corrected chi connectivity index (χ0v) is 14.6. The number of nitrogens with two attached hydrogens (primary N) is 1. The van der Waals surface area contributed by atoms with Crippen molar-refractivity contribution in [3.8, 4) is 11.1 Å². The van der Waals surface area contributed by atoms with E-state index in [-0.39, 0.29) is 11.1 Å². The molecule has 1 aliphatic heterocycles. The van der Waals surface area contributed by atoms with Gasteiger partial charge in [-0.05, 0) is 17.7 Å². The first-order valence-corrected chi connectivity index (χ1v) is 9.32. The molecule has 0 amide bonds. The van der Waals surface area contributed by atoms with Crippen LogP contribution in [0.2, 0.25) is 0 Å². The van der Waals surface area contributed by atoms with Gasteiger partial charge < -0.3 is 4.42 Å². The first-order valence-electron chi connectivity index (χ1n) is 7.78. The van der Waals surface area contributed by atoms with E-state index in [9.17, 15) is 21.6 Å². The minimum absolute atomic E-state index is 0.179. The van der Waals surface area contributed by atoms with Gasteiger partial charge in [-0.2, -0.15) is 24.2 Å². The summed E-state index contributed by atoms with van der Waals surface area (Å²) in [5.41, 5.74) is 9.99. The van der Waals surface area contributed by atoms with Gasteiger partial charge in [0.1, 0.15) is 16.6 Å². The molecule has 3 heterocycles. The molecule has 6 N–H and O–H groups in total. The van der Waals surface area contributed by atoms with Crippen LogP contribution in [0.4, 0.5) is 13.2 Å². The van der Waals surface area contributed by atoms with Gasteiger partial charge in [-0.1, -0.05) is 6.07 Å². The number of benzene rings is 1. The molecule has 0 atom stereocenters. The van der Waals surface area contributed by atoms with E-state index in [1.807, 2.05) is 0 Å². The van der Waals surface area contributed by atoms with Crippen LogP contribution in [0.1, 0.15) is 17.3 Å². The van der Waals surface area contributed by atoms with E-state index in [2.05, 4.69) is 26.9 Å². The number of halogens is 3. The van der Waals surface area contributed by atoms with Gasteiger partial charge in [-0.15, -0.1) is 0 Å². The molecule has 0 spiro atoms. The molecule has 0 bridgehead atoms. The lowest BCUT2D eigenvalue weighted by Crippen LogP contribution is -2.33. The zero-order valence-electron chi connectivity index (χ0n) is 13.8. The quantitative estimate of drug-likeness (QED) is 0.433. The normalized spacial score (nSPS) is 16.1. The summed E-state index contributed by atoms with van der Waals surface area (Å²) in [7, 11) is -4.75. The van der Waals surface area contributed by atoms with Crippen LogP contribution in [0.25, 0.3) is 22.2 Å². The largest absolute Gasteiger partial charge is 0.463 e. The Morgan fingerprint density at radius 1 is 1.14 bits per heavy atom. The van der Waals surface area contributed by atoms with Gasteiger partial charge in [-0.25, -0.2) is 24.4 Å². The molecular weight excluding hydrogens is 401 g/mol. The summed E-state index contributed by atoms with van der Waals surface area (Å²) in [6, 6.07) is 5.02. The second-order valence-corrected chi connectivity index (χ2v) is 7.44. The number of rotatable bonds is 3. The van der Waals surface area contributed by atoms with Crippen molar-refractivity contribution in [1.29, 1.82) is 0 Å². The number of nitrogens with zero attached hydrogens (tertiary/aromatic N) is 1. The highest BCUT2D eigenvalue weighted by molar-refractivity contribution is 7.89. The average molecular weight is 414 g/mol. The molecule has 1 saturated heterocycles. The molecule has 4 rings (SSSR count). The Balaban J connectivity index is 2.05. The molecule has 13 heteroatoms. The van der Waals surface area contributed by atoms with Crippen molar-refractivity contribution in [2.45, 2.75) is 17.2 Å². The van der Waals surface area contributed by atoms with E-state index in [4.69, 9.17) is 9.56 Å². The summed E-state index contributed by atoms with van der Waals surface area (Å²) in [6.45, 7) is 0. The fourth-order valence-electron chi connectivity index (χ4n) is 3.06. The second kappa shape index (κ2) is 6.51. The molecule has 0 aliphatic carbocycles. The van der Waals surface area contributed by atoms with Crippen molar-refractivity contribution in [2.75, 3.05) is 0 Å². The van der Waals surface area contributed by atoms with Crippen molar-refractivity contribution < 1.29 is 26.0 Å². The average Bonchev–Trinajstić information content (AvgIpc) is 3.29. The minimum atomic E-state index is -4.93. The van der Waals surface area contributed by atoms with E-state index < -0.39 is 32.8 Å². The number of nitrogens with one attached hydrogen (secondary N) is 4. The van der Waals surface area contributed by atoms with Crippen LogP contribution < -0.4 is 27.1 Å². The third-order valence-electron chi connectivity index (χ3n) is 4.18. The lowest BCUT2D eigenvalue weighted by atomic mass is 9.96. The number of fused-ring (bicyclic) bond motifs is 1. The van der Waals surface area contributed by atoms with E-state index in [1.165, 1.54) is 18.5 Å². The number of hydrogen-bond acceptors (Lipinski definition) is 8. The Morgan fingerprint density at radius 3 is 2.50 bits per heavy atom. The number of sulfonamides is 1. The van der Waals surface area contributed by atoms with Crippen molar-refractivity contribution >= 4 is 21.1 Å². The highest BCUT2D eigenvalue weighted by Gasteiger charge is 2.40. The van der Waals surface area contributed by atoms with E-state index in [0.29, 0.717) is 22.7 Å². The molecular formula is C15H13F3N6O3S. The van der Waals surface area contributed by atoms with Gasteiger partial charge in [0.2, 0.25) is 10.0 Å². The van der Waals surface area contributed by atoms with Crippen LogP contribution in [-0.2, 0) is 16.2 Å². The molecule has 0 radical (unpaired) electrons. The maximum Gasteiger partial charge on any atom is 0.417 e. The number of alkyl halides is 3. The smallest absolute Gasteiger partial charge is 0.417 e. The van der Waals surface area contributed by atoms with Crippen LogP contribution in [0.3, 0.4) is 0 Å². The monoisotopic (exact) mass is 414 g/mol. The highest BCUT2D eigenvalue weighted by atomic mass is 32.2. The summed E-state index contributed by atoms with van der Waals surface area (Å²) in [5, 5.41) is 5.19. The zero-order chi connectivity index (χ0) is 20.1. The SMILES string of the molecule is NS(=O)(=O)c1c(C(F)(F)F)ccc(-c2cnc3ccoc3c2)c1C1NNNN1. The topological polar surface area (TPSA) is 134 Å². The van der Waals surface area contributed by atoms with Gasteiger partial charge in [0.05, 0.1) is 11.8 Å². The lowest BCUT2D eigenvalue weighted by Gasteiger charge is -2.22. The van der Waals surface area contributed by atoms with Gasteiger partial charge >= 0.3 is 6.18 Å². The minimum Gasteiger partial charge on any atom is -0.463 e. The summed E-state index contributed by atoms with van der Waals surface area (Å²) in [5.74, 6) is 0. The van der Waals surface area contributed by atoms with Crippen LogP contribution in [0.5, 0.6) is 0 Å². The molecule has 1 aliphatic rings. The van der Waals surface area contributed by atoms with E-state index in [0.717, 1.165) is 0 Å². The molecule has 1 aromatic carbocycles. The Kier molecular flexibility index (Phi) is 4.37. The molecule has 3 aromatic rings. The summed E-state index contributed by atoms with van der Waals surface area (Å²) in [6.07, 6.45) is -3.15. The number of primary sulfonamides is 1. The van der Waals surface area contributed by atoms with Crippen molar-refractivity contribution in [3.63, 3.8) is 0 Å². The molecule has 1 fully saturated rings.